The number of halogens is 1. The van der Waals surface area contributed by atoms with Gasteiger partial charge in [-0.15, -0.1) is 11.3 Å². The number of fused-ring (bicyclic) bond motifs is 1. The minimum atomic E-state index is -0.398. The molecule has 0 spiro atoms. The zero-order valence-electron chi connectivity index (χ0n) is 15.8. The topological polar surface area (TPSA) is 52.6 Å². The van der Waals surface area contributed by atoms with Crippen LogP contribution in [0.2, 0.25) is 5.02 Å². The molecule has 0 aliphatic carbocycles. The zero-order valence-corrected chi connectivity index (χ0v) is 17.4. The van der Waals surface area contributed by atoms with Crippen molar-refractivity contribution in [2.45, 2.75) is 20.3 Å². The molecule has 1 aliphatic rings. The molecule has 1 aromatic heterocycles. The molecule has 3 aromatic rings. The molecule has 0 radical (unpaired) electrons. The summed E-state index contributed by atoms with van der Waals surface area (Å²) in [4.78, 5) is 26.0. The molecule has 0 saturated heterocycles. The van der Waals surface area contributed by atoms with Crippen LogP contribution in [0.4, 0.5) is 0 Å². The number of Topliss-reactive ketones (excluding diaryl/α,β-unsaturated/α-hetero) is 1. The van der Waals surface area contributed by atoms with Crippen LogP contribution in [0.5, 0.6) is 11.5 Å². The Balaban J connectivity index is 1.54. The van der Waals surface area contributed by atoms with Crippen LogP contribution in [0, 0.1) is 13.8 Å². The van der Waals surface area contributed by atoms with Crippen LogP contribution in [-0.2, 0) is 11.2 Å². The molecular formula is C23H17ClO4S. The normalized spacial score (nSPS) is 14.0. The summed E-state index contributed by atoms with van der Waals surface area (Å²) < 4.78 is 11.4. The van der Waals surface area contributed by atoms with Gasteiger partial charge in [-0.05, 0) is 60.7 Å². The summed E-state index contributed by atoms with van der Waals surface area (Å²) in [5.74, 6) is 0.522. The third-order valence-corrected chi connectivity index (χ3v) is 5.90. The fraction of sp³-hybridized carbons (Fsp3) is 0.130. The van der Waals surface area contributed by atoms with Gasteiger partial charge in [0.15, 0.2) is 5.76 Å². The molecule has 6 heteroatoms. The largest absolute Gasteiger partial charge is 0.452 e. The Hall–Kier alpha value is -2.89. The third-order valence-electron chi connectivity index (χ3n) is 4.69. The van der Waals surface area contributed by atoms with Gasteiger partial charge >= 0.3 is 5.97 Å². The van der Waals surface area contributed by atoms with Crippen molar-refractivity contribution >= 4 is 40.8 Å². The monoisotopic (exact) mass is 424 g/mol. The van der Waals surface area contributed by atoms with Gasteiger partial charge in [0.25, 0.3) is 0 Å². The highest BCUT2D eigenvalue weighted by atomic mass is 35.5. The second kappa shape index (κ2) is 7.85. The molecule has 0 N–H and O–H groups in total. The van der Waals surface area contributed by atoms with E-state index in [9.17, 15) is 9.59 Å². The molecule has 0 unspecified atom stereocenters. The zero-order chi connectivity index (χ0) is 20.5. The molecule has 0 saturated carbocycles. The third kappa shape index (κ3) is 3.97. The lowest BCUT2D eigenvalue weighted by atomic mass is 10.1. The molecule has 0 bridgehead atoms. The average molecular weight is 425 g/mol. The lowest BCUT2D eigenvalue weighted by Crippen LogP contribution is -2.12. The van der Waals surface area contributed by atoms with Crippen molar-refractivity contribution in [3.05, 3.63) is 85.8 Å². The Bertz CT molecular complexity index is 1140. The van der Waals surface area contributed by atoms with Crippen LogP contribution in [0.25, 0.3) is 6.08 Å². The fourth-order valence-corrected chi connectivity index (χ4v) is 4.03. The fourth-order valence-electron chi connectivity index (χ4n) is 3.06. The second-order valence-electron chi connectivity index (χ2n) is 6.75. The SMILES string of the molecule is Cc1ccsc1/C=C1\Oc2c(ccc(OC(=O)Cc3ccc(Cl)cc3)c2C)C1=O. The summed E-state index contributed by atoms with van der Waals surface area (Å²) in [7, 11) is 0. The maximum absolute atomic E-state index is 12.7. The first-order valence-electron chi connectivity index (χ1n) is 8.99. The van der Waals surface area contributed by atoms with E-state index < -0.39 is 5.97 Å². The predicted molar refractivity (Wildman–Crippen MR) is 114 cm³/mol. The Morgan fingerprint density at radius 2 is 1.90 bits per heavy atom. The summed E-state index contributed by atoms with van der Waals surface area (Å²) >= 11 is 7.42. The minimum absolute atomic E-state index is 0.121. The van der Waals surface area contributed by atoms with E-state index in [2.05, 4.69) is 0 Å². The van der Waals surface area contributed by atoms with Crippen molar-refractivity contribution in [3.8, 4) is 11.5 Å². The van der Waals surface area contributed by atoms with Gasteiger partial charge in [-0.3, -0.25) is 9.59 Å². The Morgan fingerprint density at radius 1 is 1.14 bits per heavy atom. The molecule has 0 atom stereocenters. The van der Waals surface area contributed by atoms with Gasteiger partial charge in [0.1, 0.15) is 11.5 Å². The quantitative estimate of drug-likeness (QED) is 0.302. The van der Waals surface area contributed by atoms with E-state index in [4.69, 9.17) is 21.1 Å². The number of hydrogen-bond donors (Lipinski definition) is 0. The molecule has 29 heavy (non-hydrogen) atoms. The van der Waals surface area contributed by atoms with E-state index in [-0.39, 0.29) is 18.0 Å². The minimum Gasteiger partial charge on any atom is -0.452 e. The molecule has 2 heterocycles. The van der Waals surface area contributed by atoms with Gasteiger partial charge in [0.2, 0.25) is 5.78 Å². The summed E-state index contributed by atoms with van der Waals surface area (Å²) in [5.41, 5.74) is 2.98. The van der Waals surface area contributed by atoms with E-state index in [1.54, 1.807) is 60.7 Å². The predicted octanol–water partition coefficient (Wildman–Crippen LogP) is 5.78. The average Bonchev–Trinajstić information content (AvgIpc) is 3.24. The summed E-state index contributed by atoms with van der Waals surface area (Å²) in [6.45, 7) is 3.76. The van der Waals surface area contributed by atoms with Crippen LogP contribution in [0.15, 0.2) is 53.6 Å². The summed E-state index contributed by atoms with van der Waals surface area (Å²) in [6, 6.07) is 12.3. The number of rotatable bonds is 4. The van der Waals surface area contributed by atoms with Crippen LogP contribution in [-0.4, -0.2) is 11.8 Å². The number of ether oxygens (including phenoxy) is 2. The molecular weight excluding hydrogens is 408 g/mol. The highest BCUT2D eigenvalue weighted by Crippen LogP contribution is 2.39. The summed E-state index contributed by atoms with van der Waals surface area (Å²) in [5, 5.41) is 2.58. The van der Waals surface area contributed by atoms with Gasteiger partial charge in [-0.1, -0.05) is 23.7 Å². The maximum Gasteiger partial charge on any atom is 0.315 e. The molecule has 4 rings (SSSR count). The number of esters is 1. The van der Waals surface area contributed by atoms with Gasteiger partial charge < -0.3 is 9.47 Å². The van der Waals surface area contributed by atoms with Crippen molar-refractivity contribution < 1.29 is 19.1 Å². The molecule has 4 nitrogen and oxygen atoms in total. The standard InChI is InChI=1S/C23H17ClO4S/c1-13-9-10-29-20(13)12-19-22(26)17-7-8-18(14(2)23(17)28-19)27-21(25)11-15-3-5-16(24)6-4-15/h3-10,12H,11H2,1-2H3/b19-12-. The van der Waals surface area contributed by atoms with E-state index >= 15 is 0 Å². The molecule has 1 aliphatic heterocycles. The first-order valence-corrected chi connectivity index (χ1v) is 10.2. The van der Waals surface area contributed by atoms with Gasteiger partial charge in [-0.2, -0.15) is 0 Å². The van der Waals surface area contributed by atoms with Crippen LogP contribution in [0.3, 0.4) is 0 Å². The lowest BCUT2D eigenvalue weighted by molar-refractivity contribution is -0.133. The Morgan fingerprint density at radius 3 is 2.59 bits per heavy atom. The van der Waals surface area contributed by atoms with Crippen molar-refractivity contribution in [2.75, 3.05) is 0 Å². The van der Waals surface area contributed by atoms with Crippen molar-refractivity contribution in [3.63, 3.8) is 0 Å². The highest BCUT2D eigenvalue weighted by Gasteiger charge is 2.30. The number of hydrogen-bond acceptors (Lipinski definition) is 5. The number of benzene rings is 2. The Kier molecular flexibility index (Phi) is 5.26. The first-order chi connectivity index (χ1) is 13.9. The van der Waals surface area contributed by atoms with Crippen LogP contribution < -0.4 is 9.47 Å². The maximum atomic E-state index is 12.7. The number of allylic oxidation sites excluding steroid dienone is 1. The Labute approximate surface area is 177 Å². The number of ketones is 1. The molecule has 2 aromatic carbocycles. The molecule has 0 fully saturated rings. The van der Waals surface area contributed by atoms with Gasteiger partial charge in [0.05, 0.1) is 12.0 Å². The number of thiophene rings is 1. The number of aryl methyl sites for hydroxylation is 1. The van der Waals surface area contributed by atoms with Crippen molar-refractivity contribution in [2.24, 2.45) is 0 Å². The van der Waals surface area contributed by atoms with Gasteiger partial charge in [-0.25, -0.2) is 0 Å². The van der Waals surface area contributed by atoms with Gasteiger partial charge in [0, 0.05) is 21.5 Å². The smallest absolute Gasteiger partial charge is 0.315 e. The first kappa shape index (κ1) is 19.4. The van der Waals surface area contributed by atoms with E-state index in [0.717, 1.165) is 16.0 Å². The number of carbonyl (C=O) groups excluding carboxylic acids is 2. The van der Waals surface area contributed by atoms with Crippen LogP contribution >= 0.6 is 22.9 Å². The lowest BCUT2D eigenvalue weighted by Gasteiger charge is -2.10. The van der Waals surface area contributed by atoms with E-state index in [1.165, 1.54) is 0 Å². The van der Waals surface area contributed by atoms with E-state index in [0.29, 0.717) is 27.6 Å². The van der Waals surface area contributed by atoms with Crippen molar-refractivity contribution in [1.82, 2.24) is 0 Å². The second-order valence-corrected chi connectivity index (χ2v) is 8.13. The van der Waals surface area contributed by atoms with Crippen molar-refractivity contribution in [1.29, 1.82) is 0 Å². The highest BCUT2D eigenvalue weighted by molar-refractivity contribution is 7.11. The molecule has 0 amide bonds. The summed E-state index contributed by atoms with van der Waals surface area (Å²) in [6.07, 6.45) is 1.88. The number of carbonyl (C=O) groups is 2. The molecule has 146 valence electrons. The van der Waals surface area contributed by atoms with Crippen LogP contribution in [0.1, 0.15) is 31.9 Å². The van der Waals surface area contributed by atoms with E-state index in [1.807, 2.05) is 18.4 Å².